The minimum atomic E-state index is -3.59. The second kappa shape index (κ2) is 11.0. The van der Waals surface area contributed by atoms with Gasteiger partial charge < -0.3 is 15.0 Å². The van der Waals surface area contributed by atoms with Gasteiger partial charge >= 0.3 is 0 Å². The third-order valence-corrected chi connectivity index (χ3v) is 6.94. The Morgan fingerprint density at radius 2 is 1.70 bits per heavy atom. The highest BCUT2D eigenvalue weighted by Crippen LogP contribution is 2.15. The van der Waals surface area contributed by atoms with E-state index < -0.39 is 10.0 Å². The van der Waals surface area contributed by atoms with Crippen LogP contribution in [0.5, 0.6) is 0 Å². The molecule has 2 aromatic rings. The third kappa shape index (κ3) is 6.88. The normalized spacial score (nSPS) is 15.1. The highest BCUT2D eigenvalue weighted by atomic mass is 79.9. The molecule has 0 aromatic heterocycles. The number of quaternary nitrogens is 1. The topological polar surface area (TPSA) is 88.9 Å². The highest BCUT2D eigenvalue weighted by molar-refractivity contribution is 9.10. The molecule has 1 amide bonds. The lowest BCUT2D eigenvalue weighted by Gasteiger charge is -2.23. The van der Waals surface area contributed by atoms with Crippen LogP contribution in [0.2, 0.25) is 0 Å². The van der Waals surface area contributed by atoms with Gasteiger partial charge in [-0.05, 0) is 42.0 Å². The Labute approximate surface area is 186 Å². The van der Waals surface area contributed by atoms with E-state index in [1.807, 2.05) is 0 Å². The molecule has 1 saturated heterocycles. The van der Waals surface area contributed by atoms with E-state index in [1.165, 1.54) is 4.90 Å². The zero-order valence-electron chi connectivity index (χ0n) is 16.7. The molecule has 1 fully saturated rings. The predicted octanol–water partition coefficient (Wildman–Crippen LogP) is 0.963. The summed E-state index contributed by atoms with van der Waals surface area (Å²) in [6.45, 7) is 5.50. The summed E-state index contributed by atoms with van der Waals surface area (Å²) in [5.74, 6) is -0.117. The van der Waals surface area contributed by atoms with Crippen LogP contribution in [0.3, 0.4) is 0 Å². The lowest BCUT2D eigenvalue weighted by atomic mass is 10.1. The average molecular weight is 497 g/mol. The molecule has 30 heavy (non-hydrogen) atoms. The largest absolute Gasteiger partial charge is 0.370 e. The second-order valence-corrected chi connectivity index (χ2v) is 9.88. The first kappa shape index (κ1) is 22.9. The van der Waals surface area contributed by atoms with Gasteiger partial charge in [-0.25, -0.2) is 13.1 Å². The number of morpholine rings is 1. The molecule has 162 valence electrons. The number of benzene rings is 2. The van der Waals surface area contributed by atoms with Crippen molar-refractivity contribution >= 4 is 31.9 Å². The van der Waals surface area contributed by atoms with Crippen LogP contribution in [0.1, 0.15) is 22.3 Å². The van der Waals surface area contributed by atoms with E-state index in [0.717, 1.165) is 49.3 Å². The van der Waals surface area contributed by atoms with Crippen molar-refractivity contribution in [3.05, 3.63) is 64.1 Å². The van der Waals surface area contributed by atoms with Crippen molar-refractivity contribution in [2.24, 2.45) is 0 Å². The number of carbonyl (C=O) groups is 1. The number of rotatable bonds is 9. The van der Waals surface area contributed by atoms with Crippen molar-refractivity contribution in [3.63, 3.8) is 0 Å². The molecule has 0 spiro atoms. The number of hydrogen-bond acceptors (Lipinski definition) is 4. The second-order valence-electron chi connectivity index (χ2n) is 7.20. The molecule has 2 aromatic carbocycles. The van der Waals surface area contributed by atoms with E-state index >= 15 is 0 Å². The number of carbonyl (C=O) groups excluding carboxylic acids is 1. The number of nitrogens with one attached hydrogen (secondary N) is 3. The van der Waals surface area contributed by atoms with Crippen molar-refractivity contribution in [2.45, 2.75) is 17.9 Å². The summed E-state index contributed by atoms with van der Waals surface area (Å²) in [7, 11) is -3.59. The van der Waals surface area contributed by atoms with Crippen LogP contribution in [-0.2, 0) is 21.3 Å². The lowest BCUT2D eigenvalue weighted by molar-refractivity contribution is -0.908. The first-order valence-corrected chi connectivity index (χ1v) is 12.3. The maximum atomic E-state index is 12.4. The van der Waals surface area contributed by atoms with Crippen LogP contribution in [0.15, 0.2) is 57.9 Å². The fourth-order valence-electron chi connectivity index (χ4n) is 3.20. The van der Waals surface area contributed by atoms with Gasteiger partial charge in [0.15, 0.2) is 0 Å². The van der Waals surface area contributed by atoms with Crippen molar-refractivity contribution in [1.82, 2.24) is 10.0 Å². The number of ether oxygens (including phenoxy) is 1. The smallest absolute Gasteiger partial charge is 0.251 e. The van der Waals surface area contributed by atoms with E-state index in [1.54, 1.807) is 48.5 Å². The van der Waals surface area contributed by atoms with Gasteiger partial charge in [-0.3, -0.25) is 4.79 Å². The molecule has 3 rings (SSSR count). The van der Waals surface area contributed by atoms with Crippen molar-refractivity contribution in [2.75, 3.05) is 39.4 Å². The summed E-state index contributed by atoms with van der Waals surface area (Å²) < 4.78 is 33.4. The van der Waals surface area contributed by atoms with Gasteiger partial charge in [0.25, 0.3) is 5.91 Å². The quantitative estimate of drug-likeness (QED) is 0.451. The molecule has 0 aliphatic carbocycles. The van der Waals surface area contributed by atoms with Gasteiger partial charge in [-0.15, -0.1) is 0 Å². The Hall–Kier alpha value is -1.78. The van der Waals surface area contributed by atoms with E-state index in [0.29, 0.717) is 12.1 Å². The number of sulfonamides is 1. The van der Waals surface area contributed by atoms with Crippen LogP contribution in [0.25, 0.3) is 0 Å². The summed E-state index contributed by atoms with van der Waals surface area (Å²) >= 11 is 3.29. The molecule has 1 heterocycles. The van der Waals surface area contributed by atoms with Gasteiger partial charge in [0.2, 0.25) is 10.0 Å². The zero-order valence-corrected chi connectivity index (χ0v) is 19.1. The molecule has 1 aliphatic rings. The molecule has 1 aliphatic heterocycles. The maximum Gasteiger partial charge on any atom is 0.251 e. The third-order valence-electron chi connectivity index (χ3n) is 5.00. The monoisotopic (exact) mass is 496 g/mol. The van der Waals surface area contributed by atoms with Crippen molar-refractivity contribution in [1.29, 1.82) is 0 Å². The SMILES string of the molecule is O=C(NCCC[NH+]1CCOCC1)c1ccc(CNS(=O)(=O)c2ccc(Br)cc2)cc1. The van der Waals surface area contributed by atoms with Crippen molar-refractivity contribution in [3.8, 4) is 0 Å². The Bertz CT molecular complexity index is 928. The molecule has 3 N–H and O–H groups in total. The number of hydrogen-bond donors (Lipinski definition) is 3. The summed E-state index contributed by atoms with van der Waals surface area (Å²) in [6, 6.07) is 13.4. The molecule has 0 atom stereocenters. The van der Waals surface area contributed by atoms with Crippen LogP contribution in [-0.4, -0.2) is 53.7 Å². The molecule has 0 bridgehead atoms. The van der Waals surface area contributed by atoms with Gasteiger partial charge in [0, 0.05) is 29.5 Å². The van der Waals surface area contributed by atoms with Crippen LogP contribution in [0.4, 0.5) is 0 Å². The Balaban J connectivity index is 1.43. The van der Waals surface area contributed by atoms with Gasteiger partial charge in [-0.1, -0.05) is 28.1 Å². The molecule has 0 radical (unpaired) electrons. The summed E-state index contributed by atoms with van der Waals surface area (Å²) in [5, 5.41) is 2.94. The molecule has 0 saturated carbocycles. The van der Waals surface area contributed by atoms with Crippen molar-refractivity contribution < 1.29 is 22.8 Å². The first-order chi connectivity index (χ1) is 14.4. The van der Waals surface area contributed by atoms with E-state index in [4.69, 9.17) is 4.74 Å². The standard InChI is InChI=1S/C21H26BrN3O4S/c22-19-6-8-20(9-7-19)30(27,28)24-16-17-2-4-18(5-3-17)21(26)23-10-1-11-25-12-14-29-15-13-25/h2-9,24H,1,10-16H2,(H,23,26)/p+1. The van der Waals surface area contributed by atoms with Gasteiger partial charge in [0.05, 0.1) is 24.7 Å². The minimum absolute atomic E-state index is 0.117. The Morgan fingerprint density at radius 3 is 2.37 bits per heavy atom. The minimum Gasteiger partial charge on any atom is -0.370 e. The van der Waals surface area contributed by atoms with Crippen LogP contribution in [0, 0.1) is 0 Å². The van der Waals surface area contributed by atoms with Gasteiger partial charge in [-0.2, -0.15) is 0 Å². The van der Waals surface area contributed by atoms with E-state index in [2.05, 4.69) is 26.0 Å². The summed E-state index contributed by atoms with van der Waals surface area (Å²) in [4.78, 5) is 14.0. The highest BCUT2D eigenvalue weighted by Gasteiger charge is 2.14. The molecule has 9 heteroatoms. The average Bonchev–Trinajstić information content (AvgIpc) is 2.76. The maximum absolute atomic E-state index is 12.4. The fourth-order valence-corrected chi connectivity index (χ4v) is 4.48. The molecule has 0 unspecified atom stereocenters. The summed E-state index contributed by atoms with van der Waals surface area (Å²) in [6.07, 6.45) is 0.928. The molecular formula is C21H27BrN3O4S+. The van der Waals surface area contributed by atoms with Crippen LogP contribution >= 0.6 is 15.9 Å². The Kier molecular flexibility index (Phi) is 8.41. The summed E-state index contributed by atoms with van der Waals surface area (Å²) in [5.41, 5.74) is 1.34. The lowest BCUT2D eigenvalue weighted by Crippen LogP contribution is -3.14. The Morgan fingerprint density at radius 1 is 1.03 bits per heavy atom. The first-order valence-electron chi connectivity index (χ1n) is 9.98. The zero-order chi connectivity index (χ0) is 21.4. The van der Waals surface area contributed by atoms with Gasteiger partial charge in [0.1, 0.15) is 13.1 Å². The van der Waals surface area contributed by atoms with Crippen LogP contribution < -0.4 is 14.9 Å². The molecule has 7 nitrogen and oxygen atoms in total. The number of halogens is 1. The van der Waals surface area contributed by atoms with E-state index in [9.17, 15) is 13.2 Å². The molecular weight excluding hydrogens is 470 g/mol. The predicted molar refractivity (Wildman–Crippen MR) is 118 cm³/mol. The number of amides is 1. The van der Waals surface area contributed by atoms with E-state index in [-0.39, 0.29) is 17.3 Å². The fraction of sp³-hybridized carbons (Fsp3) is 0.381.